The van der Waals surface area contributed by atoms with Gasteiger partial charge in [0.05, 0.1) is 12.2 Å². The molecule has 0 unspecified atom stereocenters. The number of nitrogens with zero attached hydrogens (tertiary/aromatic N) is 2. The second-order valence-corrected chi connectivity index (χ2v) is 6.52. The molecular formula is C21H22N2O3. The number of benzene rings is 2. The number of carbonyl (C=O) groups is 1. The van der Waals surface area contributed by atoms with Crippen LogP contribution in [0.2, 0.25) is 0 Å². The number of likely N-dealkylation sites (tertiary alicyclic amines) is 1. The molecule has 0 atom stereocenters. The van der Waals surface area contributed by atoms with Crippen LogP contribution in [-0.2, 0) is 0 Å². The molecule has 3 aromatic rings. The van der Waals surface area contributed by atoms with Gasteiger partial charge in [-0.25, -0.2) is 4.98 Å². The molecular weight excluding hydrogens is 328 g/mol. The van der Waals surface area contributed by atoms with Crippen LogP contribution in [0.15, 0.2) is 52.9 Å². The molecule has 4 rings (SSSR count). The molecule has 0 bridgehead atoms. The lowest BCUT2D eigenvalue weighted by Gasteiger charge is -2.31. The molecule has 0 saturated carbocycles. The number of rotatable bonds is 4. The van der Waals surface area contributed by atoms with Gasteiger partial charge in [0.15, 0.2) is 11.5 Å². The molecule has 1 fully saturated rings. The summed E-state index contributed by atoms with van der Waals surface area (Å²) in [7, 11) is 0. The van der Waals surface area contributed by atoms with Gasteiger partial charge in [-0.2, -0.15) is 0 Å². The Morgan fingerprint density at radius 3 is 2.65 bits per heavy atom. The third kappa shape index (κ3) is 3.17. The SMILES string of the molecule is CCOc1ccccc1C(=O)N1CCC(c2nc3ccccc3o2)CC1. The first-order valence-corrected chi connectivity index (χ1v) is 9.13. The Hall–Kier alpha value is -2.82. The highest BCUT2D eigenvalue weighted by molar-refractivity contribution is 5.97. The maximum Gasteiger partial charge on any atom is 0.257 e. The molecule has 134 valence electrons. The van der Waals surface area contributed by atoms with Gasteiger partial charge in [-0.05, 0) is 44.0 Å². The van der Waals surface area contributed by atoms with E-state index >= 15 is 0 Å². The molecule has 26 heavy (non-hydrogen) atoms. The van der Waals surface area contributed by atoms with E-state index in [-0.39, 0.29) is 11.8 Å². The van der Waals surface area contributed by atoms with E-state index < -0.39 is 0 Å². The molecule has 1 aliphatic heterocycles. The first-order chi connectivity index (χ1) is 12.8. The van der Waals surface area contributed by atoms with Crippen LogP contribution in [0, 0.1) is 0 Å². The highest BCUT2D eigenvalue weighted by Gasteiger charge is 2.28. The topological polar surface area (TPSA) is 55.6 Å². The molecule has 2 heterocycles. The number of carbonyl (C=O) groups excluding carboxylic acids is 1. The number of fused-ring (bicyclic) bond motifs is 1. The summed E-state index contributed by atoms with van der Waals surface area (Å²) in [6.45, 7) is 3.86. The summed E-state index contributed by atoms with van der Waals surface area (Å²) in [5, 5.41) is 0. The number of hydrogen-bond donors (Lipinski definition) is 0. The molecule has 5 heteroatoms. The minimum absolute atomic E-state index is 0.0325. The molecule has 0 aliphatic carbocycles. The van der Waals surface area contributed by atoms with Crippen molar-refractivity contribution in [3.8, 4) is 5.75 Å². The second-order valence-electron chi connectivity index (χ2n) is 6.52. The maximum atomic E-state index is 12.9. The summed E-state index contributed by atoms with van der Waals surface area (Å²) in [5.74, 6) is 1.73. The monoisotopic (exact) mass is 350 g/mol. The Balaban J connectivity index is 1.45. The third-order valence-corrected chi connectivity index (χ3v) is 4.86. The number of hydrogen-bond acceptors (Lipinski definition) is 4. The molecule has 2 aromatic carbocycles. The van der Waals surface area contributed by atoms with Crippen molar-refractivity contribution in [3.63, 3.8) is 0 Å². The van der Waals surface area contributed by atoms with E-state index in [9.17, 15) is 4.79 Å². The van der Waals surface area contributed by atoms with Gasteiger partial charge in [0.25, 0.3) is 5.91 Å². The number of para-hydroxylation sites is 3. The largest absolute Gasteiger partial charge is 0.493 e. The molecule has 0 spiro atoms. The molecule has 1 aromatic heterocycles. The lowest BCUT2D eigenvalue weighted by atomic mass is 9.96. The zero-order valence-corrected chi connectivity index (χ0v) is 14.9. The van der Waals surface area contributed by atoms with E-state index in [1.807, 2.05) is 60.4 Å². The molecule has 1 aliphatic rings. The predicted octanol–water partition coefficient (Wildman–Crippen LogP) is 4.25. The average Bonchev–Trinajstić information content (AvgIpc) is 3.12. The Morgan fingerprint density at radius 1 is 1.15 bits per heavy atom. The van der Waals surface area contributed by atoms with E-state index in [1.54, 1.807) is 0 Å². The molecule has 5 nitrogen and oxygen atoms in total. The lowest BCUT2D eigenvalue weighted by molar-refractivity contribution is 0.0702. The molecule has 1 amide bonds. The molecule has 1 saturated heterocycles. The van der Waals surface area contributed by atoms with Gasteiger partial charge in [-0.1, -0.05) is 24.3 Å². The predicted molar refractivity (Wildman–Crippen MR) is 99.5 cm³/mol. The quantitative estimate of drug-likeness (QED) is 0.706. The average molecular weight is 350 g/mol. The van der Waals surface area contributed by atoms with Crippen LogP contribution in [0.1, 0.15) is 41.9 Å². The first kappa shape index (κ1) is 16.6. The van der Waals surface area contributed by atoms with Crippen LogP contribution in [0.25, 0.3) is 11.1 Å². The van der Waals surface area contributed by atoms with Crippen LogP contribution < -0.4 is 4.74 Å². The summed E-state index contributed by atoms with van der Waals surface area (Å²) < 4.78 is 11.5. The maximum absolute atomic E-state index is 12.9. The highest BCUT2D eigenvalue weighted by Crippen LogP contribution is 2.31. The van der Waals surface area contributed by atoms with Crippen LogP contribution >= 0.6 is 0 Å². The van der Waals surface area contributed by atoms with Crippen LogP contribution in [-0.4, -0.2) is 35.5 Å². The Bertz CT molecular complexity index is 877. The summed E-state index contributed by atoms with van der Waals surface area (Å²) in [6, 6.07) is 15.3. The van der Waals surface area contributed by atoms with Crippen molar-refractivity contribution in [1.29, 1.82) is 0 Å². The van der Waals surface area contributed by atoms with Gasteiger partial charge in [0, 0.05) is 19.0 Å². The number of oxazole rings is 1. The fourth-order valence-electron chi connectivity index (χ4n) is 3.49. The highest BCUT2D eigenvalue weighted by atomic mass is 16.5. The van der Waals surface area contributed by atoms with Gasteiger partial charge in [0.2, 0.25) is 0 Å². The van der Waals surface area contributed by atoms with Crippen LogP contribution in [0.5, 0.6) is 5.75 Å². The molecule has 0 radical (unpaired) electrons. The van der Waals surface area contributed by atoms with Gasteiger partial charge in [-0.3, -0.25) is 4.79 Å². The fraction of sp³-hybridized carbons (Fsp3) is 0.333. The number of ether oxygens (including phenoxy) is 1. The standard InChI is InChI=1S/C21H22N2O3/c1-2-25-18-9-5-3-7-16(18)21(24)23-13-11-15(12-14-23)20-22-17-8-4-6-10-19(17)26-20/h3-10,15H,2,11-14H2,1H3. The Morgan fingerprint density at radius 2 is 1.88 bits per heavy atom. The lowest BCUT2D eigenvalue weighted by Crippen LogP contribution is -2.38. The first-order valence-electron chi connectivity index (χ1n) is 9.13. The van der Waals surface area contributed by atoms with E-state index in [2.05, 4.69) is 4.98 Å². The van der Waals surface area contributed by atoms with Crippen molar-refractivity contribution >= 4 is 17.0 Å². The zero-order valence-electron chi connectivity index (χ0n) is 14.9. The third-order valence-electron chi connectivity index (χ3n) is 4.86. The van der Waals surface area contributed by atoms with Gasteiger partial charge >= 0.3 is 0 Å². The zero-order chi connectivity index (χ0) is 17.9. The van der Waals surface area contributed by atoms with E-state index in [4.69, 9.17) is 9.15 Å². The molecule has 0 N–H and O–H groups in total. The van der Waals surface area contributed by atoms with Gasteiger partial charge in [0.1, 0.15) is 11.3 Å². The summed E-state index contributed by atoms with van der Waals surface area (Å²) in [6.07, 6.45) is 1.71. The van der Waals surface area contributed by atoms with Crippen molar-refractivity contribution in [2.24, 2.45) is 0 Å². The normalized spacial score (nSPS) is 15.3. The summed E-state index contributed by atoms with van der Waals surface area (Å²) in [5.41, 5.74) is 2.35. The van der Waals surface area contributed by atoms with Crippen molar-refractivity contribution in [1.82, 2.24) is 9.88 Å². The van der Waals surface area contributed by atoms with Gasteiger partial charge < -0.3 is 14.1 Å². The van der Waals surface area contributed by atoms with E-state index in [1.165, 1.54) is 0 Å². The van der Waals surface area contributed by atoms with E-state index in [0.717, 1.165) is 29.8 Å². The van der Waals surface area contributed by atoms with Crippen molar-refractivity contribution < 1.29 is 13.9 Å². The Kier molecular flexibility index (Phi) is 4.61. The summed E-state index contributed by atoms with van der Waals surface area (Å²) in [4.78, 5) is 19.4. The van der Waals surface area contributed by atoms with Gasteiger partial charge in [-0.15, -0.1) is 0 Å². The summed E-state index contributed by atoms with van der Waals surface area (Å²) >= 11 is 0. The van der Waals surface area contributed by atoms with Crippen molar-refractivity contribution in [2.75, 3.05) is 19.7 Å². The van der Waals surface area contributed by atoms with E-state index in [0.29, 0.717) is 31.0 Å². The number of aromatic nitrogens is 1. The van der Waals surface area contributed by atoms with Crippen molar-refractivity contribution in [3.05, 3.63) is 60.0 Å². The number of amides is 1. The van der Waals surface area contributed by atoms with Crippen molar-refractivity contribution in [2.45, 2.75) is 25.7 Å². The van der Waals surface area contributed by atoms with Crippen LogP contribution in [0.4, 0.5) is 0 Å². The number of piperidine rings is 1. The second kappa shape index (κ2) is 7.20. The minimum atomic E-state index is 0.0325. The Labute approximate surface area is 152 Å². The van der Waals surface area contributed by atoms with Crippen LogP contribution in [0.3, 0.4) is 0 Å². The minimum Gasteiger partial charge on any atom is -0.493 e. The fourth-order valence-corrected chi connectivity index (χ4v) is 3.49. The smallest absolute Gasteiger partial charge is 0.257 e.